The molecule has 1 rings (SSSR count). The molecule has 0 amide bonds. The van der Waals surface area contributed by atoms with E-state index in [2.05, 4.69) is 75.7 Å². The highest BCUT2D eigenvalue weighted by atomic mass is 32.1. The lowest BCUT2D eigenvalue weighted by atomic mass is 10.1. The predicted molar refractivity (Wildman–Crippen MR) is 108 cm³/mol. The highest BCUT2D eigenvalue weighted by Crippen LogP contribution is 2.42. The molecule has 0 fully saturated rings. The Morgan fingerprint density at radius 2 is 1.57 bits per heavy atom. The molecular formula is C16H32O3SSi3. The van der Waals surface area contributed by atoms with Crippen LogP contribution in [0, 0.1) is 0 Å². The molecule has 0 aliphatic heterocycles. The minimum Gasteiger partial charge on any atom is -0.520 e. The summed E-state index contributed by atoms with van der Waals surface area (Å²) in [7, 11) is -5.53. The van der Waals surface area contributed by atoms with Gasteiger partial charge in [0.2, 0.25) is 8.32 Å². The van der Waals surface area contributed by atoms with Crippen LogP contribution < -0.4 is 0 Å². The van der Waals surface area contributed by atoms with Crippen LogP contribution in [0.3, 0.4) is 0 Å². The number of rotatable bonds is 7. The number of carbonyl (C=O) groups is 1. The monoisotopic (exact) mass is 388 g/mol. The van der Waals surface area contributed by atoms with E-state index >= 15 is 0 Å². The fourth-order valence-electron chi connectivity index (χ4n) is 2.44. The average Bonchev–Trinajstić information content (AvgIpc) is 2.73. The lowest BCUT2D eigenvalue weighted by Crippen LogP contribution is -2.45. The van der Waals surface area contributed by atoms with E-state index in [0.29, 0.717) is 0 Å². The van der Waals surface area contributed by atoms with Gasteiger partial charge in [-0.2, -0.15) is 11.3 Å². The van der Waals surface area contributed by atoms with Crippen molar-refractivity contribution in [2.45, 2.75) is 70.6 Å². The molecule has 0 aliphatic rings. The summed E-state index contributed by atoms with van der Waals surface area (Å²) in [6.07, 6.45) is -0.177. The summed E-state index contributed by atoms with van der Waals surface area (Å²) in [6.45, 7) is 19.4. The molecule has 0 radical (unpaired) electrons. The third kappa shape index (κ3) is 7.04. The van der Waals surface area contributed by atoms with Crippen molar-refractivity contribution in [2.75, 3.05) is 0 Å². The summed E-state index contributed by atoms with van der Waals surface area (Å²) in [5.41, 5.74) is 0.952. The summed E-state index contributed by atoms with van der Waals surface area (Å²) in [6, 6.07) is 2.09. The van der Waals surface area contributed by atoms with Crippen LogP contribution in [0.15, 0.2) is 16.8 Å². The lowest BCUT2D eigenvalue weighted by Gasteiger charge is -2.38. The van der Waals surface area contributed by atoms with Gasteiger partial charge in [-0.25, -0.2) is 0 Å². The number of hydrogen-bond donors (Lipinski definition) is 0. The van der Waals surface area contributed by atoms with Gasteiger partial charge in [0, 0.05) is 0 Å². The Bertz CT molecular complexity index is 510. The van der Waals surface area contributed by atoms with Crippen LogP contribution in [-0.2, 0) is 13.6 Å². The van der Waals surface area contributed by atoms with Gasteiger partial charge in [-0.05, 0) is 61.7 Å². The first-order chi connectivity index (χ1) is 10.2. The Labute approximate surface area is 148 Å². The van der Waals surface area contributed by atoms with Gasteiger partial charge < -0.3 is 8.85 Å². The van der Waals surface area contributed by atoms with Gasteiger partial charge in [0.25, 0.3) is 5.97 Å². The van der Waals surface area contributed by atoms with Gasteiger partial charge in [0.05, 0.1) is 19.7 Å². The van der Waals surface area contributed by atoms with Crippen LogP contribution in [0.25, 0.3) is 0 Å². The number of carbonyl (C=O) groups excluding carboxylic acids is 1. The summed E-state index contributed by atoms with van der Waals surface area (Å²) < 4.78 is 12.4. The van der Waals surface area contributed by atoms with Crippen molar-refractivity contribution in [1.29, 1.82) is 0 Å². The molecule has 0 aliphatic carbocycles. The number of hydrogen-bond acceptors (Lipinski definition) is 4. The SMILES string of the molecule is C[Si](C)(C)OC(=O)[C@@H]([C@H](O[Si](C)(C)C)c1ccsc1)[Si](C)(C)C. The molecule has 1 heterocycles. The minimum absolute atomic E-state index is 0.0576. The van der Waals surface area contributed by atoms with Gasteiger partial charge in [-0.15, -0.1) is 0 Å². The molecule has 2 atom stereocenters. The van der Waals surface area contributed by atoms with Crippen molar-refractivity contribution < 1.29 is 13.6 Å². The molecule has 1 aromatic heterocycles. The molecule has 0 aromatic carbocycles. The van der Waals surface area contributed by atoms with Crippen LogP contribution in [0.2, 0.25) is 64.5 Å². The van der Waals surface area contributed by atoms with Gasteiger partial charge in [0.1, 0.15) is 0 Å². The number of thiophene rings is 1. The molecule has 0 saturated heterocycles. The van der Waals surface area contributed by atoms with E-state index in [0.717, 1.165) is 5.56 Å². The van der Waals surface area contributed by atoms with Crippen LogP contribution in [-0.4, -0.2) is 30.7 Å². The normalized spacial score (nSPS) is 16.0. The highest BCUT2D eigenvalue weighted by Gasteiger charge is 2.44. The van der Waals surface area contributed by atoms with Crippen molar-refractivity contribution in [3.63, 3.8) is 0 Å². The molecular weight excluding hydrogens is 356 g/mol. The summed E-state index contributed by atoms with van der Waals surface area (Å²) in [5.74, 6) is -0.0576. The Morgan fingerprint density at radius 1 is 1.00 bits per heavy atom. The lowest BCUT2D eigenvalue weighted by molar-refractivity contribution is -0.137. The van der Waals surface area contributed by atoms with Crippen LogP contribution in [0.5, 0.6) is 0 Å². The third-order valence-corrected chi connectivity index (χ3v) is 8.13. The largest absolute Gasteiger partial charge is 0.520 e. The smallest absolute Gasteiger partial charge is 0.295 e. The maximum atomic E-state index is 13.0. The zero-order valence-electron chi connectivity index (χ0n) is 16.0. The van der Waals surface area contributed by atoms with Crippen molar-refractivity contribution in [3.8, 4) is 0 Å². The molecule has 23 heavy (non-hydrogen) atoms. The van der Waals surface area contributed by atoms with Gasteiger partial charge in [0.15, 0.2) is 8.32 Å². The predicted octanol–water partition coefficient (Wildman–Crippen LogP) is 5.73. The van der Waals surface area contributed by atoms with E-state index in [4.69, 9.17) is 8.85 Å². The molecule has 3 nitrogen and oxygen atoms in total. The first-order valence-electron chi connectivity index (χ1n) is 8.13. The zero-order chi connectivity index (χ0) is 18.1. The van der Waals surface area contributed by atoms with Gasteiger partial charge >= 0.3 is 0 Å². The first-order valence-corrected chi connectivity index (χ1v) is 19.5. The molecule has 0 bridgehead atoms. The Hall–Kier alpha value is -0.219. The molecule has 0 unspecified atom stereocenters. The second kappa shape index (κ2) is 7.35. The minimum atomic E-state index is -1.92. The highest BCUT2D eigenvalue weighted by molar-refractivity contribution is 7.08. The standard InChI is InChI=1S/C16H32O3SSi3/c1-21(2,3)15(16(17)19-23(7,8)9)14(18-22(4,5)6)13-10-11-20-12-13/h10-12,14-15H,1-9H3/t14-,15-/m1/s1. The van der Waals surface area contributed by atoms with Crippen LogP contribution in [0.1, 0.15) is 11.7 Å². The van der Waals surface area contributed by atoms with E-state index < -0.39 is 24.7 Å². The van der Waals surface area contributed by atoms with E-state index in [1.54, 1.807) is 11.3 Å². The first kappa shape index (κ1) is 20.8. The molecule has 0 N–H and O–H groups in total. The van der Waals surface area contributed by atoms with Crippen molar-refractivity contribution in [1.82, 2.24) is 0 Å². The van der Waals surface area contributed by atoms with E-state index in [9.17, 15) is 4.79 Å². The summed E-state index contributed by atoms with van der Waals surface area (Å²) in [4.78, 5) is 13.0. The van der Waals surface area contributed by atoms with Crippen molar-refractivity contribution in [3.05, 3.63) is 22.4 Å². The van der Waals surface area contributed by atoms with E-state index in [1.807, 2.05) is 0 Å². The Morgan fingerprint density at radius 3 is 1.91 bits per heavy atom. The molecule has 0 spiro atoms. The Balaban J connectivity index is 3.26. The van der Waals surface area contributed by atoms with Gasteiger partial charge in [-0.1, -0.05) is 19.6 Å². The summed E-state index contributed by atoms with van der Waals surface area (Å²) in [5, 5.41) is 4.17. The van der Waals surface area contributed by atoms with E-state index in [1.165, 1.54) is 0 Å². The molecule has 132 valence electrons. The molecule has 7 heteroatoms. The quantitative estimate of drug-likeness (QED) is 0.560. The summed E-state index contributed by atoms with van der Waals surface area (Å²) >= 11 is 1.65. The average molecular weight is 389 g/mol. The van der Waals surface area contributed by atoms with Crippen molar-refractivity contribution >= 4 is 42.0 Å². The van der Waals surface area contributed by atoms with Crippen LogP contribution in [0.4, 0.5) is 0 Å². The third-order valence-electron chi connectivity index (χ3n) is 3.25. The molecule has 1 aromatic rings. The van der Waals surface area contributed by atoms with Gasteiger partial charge in [-0.3, -0.25) is 4.79 Å². The molecule has 0 saturated carbocycles. The maximum Gasteiger partial charge on any atom is 0.295 e. The van der Waals surface area contributed by atoms with Crippen molar-refractivity contribution in [2.24, 2.45) is 0 Å². The second-order valence-electron chi connectivity index (χ2n) is 9.08. The fourth-order valence-corrected chi connectivity index (χ4v) is 7.08. The maximum absolute atomic E-state index is 13.0. The van der Waals surface area contributed by atoms with E-state index in [-0.39, 0.29) is 17.6 Å². The Kier molecular flexibility index (Phi) is 6.65. The second-order valence-corrected chi connectivity index (χ2v) is 24.1. The topological polar surface area (TPSA) is 35.5 Å². The van der Waals surface area contributed by atoms with Crippen LogP contribution >= 0.6 is 11.3 Å². The fraction of sp³-hybridized carbons (Fsp3) is 0.688. The zero-order valence-corrected chi connectivity index (χ0v) is 19.8.